The smallest absolute Gasteiger partial charge is 0.317 e. The van der Waals surface area contributed by atoms with Crippen LogP contribution in [0.2, 0.25) is 0 Å². The molecular weight excluding hydrogens is 464 g/mol. The molecule has 1 saturated heterocycles. The highest BCUT2D eigenvalue weighted by molar-refractivity contribution is 7.89. The number of nitrogens with one attached hydrogen (secondary N) is 3. The van der Waals surface area contributed by atoms with Gasteiger partial charge in [0.1, 0.15) is 11.7 Å². The molecule has 0 bridgehead atoms. The first-order valence-electron chi connectivity index (χ1n) is 11.8. The monoisotopic (exact) mass is 495 g/mol. The summed E-state index contributed by atoms with van der Waals surface area (Å²) in [6.07, 6.45) is 9.02. The van der Waals surface area contributed by atoms with Crippen molar-refractivity contribution in [3.05, 3.63) is 66.3 Å². The van der Waals surface area contributed by atoms with Crippen molar-refractivity contribution in [3.8, 4) is 0 Å². The molecule has 2 unspecified atom stereocenters. The number of hydrogen-bond donors (Lipinski definition) is 3. The third-order valence-electron chi connectivity index (χ3n) is 7.25. The Bertz CT molecular complexity index is 1290. The lowest BCUT2D eigenvalue weighted by atomic mass is 9.90. The SMILES string of the molecule is CC[N@@+]12C=NNC13NC=NC=C3N(c1ccncc1CNS(=O)(=O)c1ccccc1)CC2C(C)C. The van der Waals surface area contributed by atoms with E-state index >= 15 is 0 Å². The molecular formula is C24H31N8O2S+. The fraction of sp³-hybridized carbons (Fsp3) is 0.375. The van der Waals surface area contributed by atoms with E-state index in [0.29, 0.717) is 16.9 Å². The van der Waals surface area contributed by atoms with Gasteiger partial charge in [0.05, 0.1) is 30.5 Å². The van der Waals surface area contributed by atoms with Crippen molar-refractivity contribution >= 4 is 28.4 Å². The Morgan fingerprint density at radius 1 is 1.26 bits per heavy atom. The molecule has 0 radical (unpaired) electrons. The van der Waals surface area contributed by atoms with E-state index in [-0.39, 0.29) is 17.5 Å². The summed E-state index contributed by atoms with van der Waals surface area (Å²) in [4.78, 5) is 11.2. The first-order valence-corrected chi connectivity index (χ1v) is 13.3. The Hall–Kier alpha value is -3.28. The average molecular weight is 496 g/mol. The summed E-state index contributed by atoms with van der Waals surface area (Å²) in [5.74, 6) is -0.349. The quantitative estimate of drug-likeness (QED) is 0.506. The van der Waals surface area contributed by atoms with E-state index in [4.69, 9.17) is 0 Å². The highest BCUT2D eigenvalue weighted by atomic mass is 32.2. The molecule has 0 saturated carbocycles. The Morgan fingerprint density at radius 2 is 2.06 bits per heavy atom. The van der Waals surface area contributed by atoms with Crippen molar-refractivity contribution in [2.75, 3.05) is 18.0 Å². The second-order valence-corrected chi connectivity index (χ2v) is 11.1. The third-order valence-corrected chi connectivity index (χ3v) is 8.67. The summed E-state index contributed by atoms with van der Waals surface area (Å²) in [6, 6.07) is 10.5. The van der Waals surface area contributed by atoms with Gasteiger partial charge >= 0.3 is 5.79 Å². The molecule has 5 rings (SSSR count). The highest BCUT2D eigenvalue weighted by Crippen LogP contribution is 2.44. The minimum Gasteiger partial charge on any atom is -0.328 e. The van der Waals surface area contributed by atoms with Gasteiger partial charge in [0.15, 0.2) is 0 Å². The second kappa shape index (κ2) is 8.74. The second-order valence-electron chi connectivity index (χ2n) is 9.31. The summed E-state index contributed by atoms with van der Waals surface area (Å²) in [5.41, 5.74) is 5.93. The number of nitrogens with zero attached hydrogens (tertiary/aromatic N) is 5. The molecule has 1 aromatic heterocycles. The molecule has 1 spiro atoms. The molecule has 1 fully saturated rings. The molecule has 4 heterocycles. The number of hydrazone groups is 1. The zero-order valence-corrected chi connectivity index (χ0v) is 20.9. The van der Waals surface area contributed by atoms with Gasteiger partial charge in [0, 0.05) is 36.1 Å². The number of likely N-dealkylation sites (N-methyl/N-ethyl adjacent to an activating group) is 1. The number of quaternary nitrogens is 1. The Labute approximate surface area is 206 Å². The number of hydrogen-bond acceptors (Lipinski definition) is 8. The standard InChI is InChI=1S/C24H31N8O2S/c1-4-32-17-28-30-24(32)23(14-26-16-27-24)31(15-22(32)18(2)3)21-10-11-25-12-19(21)13-29-35(33,34)20-8-6-5-7-9-20/h5-12,14,16-18,22,29-30H,4,13,15H2,1-3H3,(H,26,27)/q+1/t22?,24?,32-/m0/s1. The number of rotatable bonds is 7. The van der Waals surface area contributed by atoms with Crippen LogP contribution in [-0.4, -0.2) is 55.5 Å². The van der Waals surface area contributed by atoms with Gasteiger partial charge in [-0.1, -0.05) is 32.0 Å². The van der Waals surface area contributed by atoms with E-state index in [0.717, 1.165) is 23.5 Å². The van der Waals surface area contributed by atoms with Crippen LogP contribution in [0, 0.1) is 5.92 Å². The summed E-state index contributed by atoms with van der Waals surface area (Å²) in [5, 5.41) is 8.01. The van der Waals surface area contributed by atoms with Crippen molar-refractivity contribution in [1.29, 1.82) is 0 Å². The molecule has 11 heteroatoms. The van der Waals surface area contributed by atoms with Gasteiger partial charge < -0.3 is 4.90 Å². The van der Waals surface area contributed by atoms with Crippen LogP contribution >= 0.6 is 0 Å². The number of benzene rings is 1. The van der Waals surface area contributed by atoms with Crippen molar-refractivity contribution in [2.45, 2.75) is 44.0 Å². The van der Waals surface area contributed by atoms with Crippen molar-refractivity contribution in [2.24, 2.45) is 16.0 Å². The Morgan fingerprint density at radius 3 is 2.80 bits per heavy atom. The number of anilines is 1. The fourth-order valence-corrected chi connectivity index (χ4v) is 6.49. The lowest BCUT2D eigenvalue weighted by Crippen LogP contribution is -2.83. The Balaban J connectivity index is 1.53. The summed E-state index contributed by atoms with van der Waals surface area (Å²) in [7, 11) is -3.66. The van der Waals surface area contributed by atoms with Crippen LogP contribution in [0.3, 0.4) is 0 Å². The van der Waals surface area contributed by atoms with Gasteiger partial charge in [-0.2, -0.15) is 0 Å². The number of piperazine rings is 1. The van der Waals surface area contributed by atoms with E-state index < -0.39 is 15.8 Å². The van der Waals surface area contributed by atoms with Gasteiger partial charge in [0.25, 0.3) is 0 Å². The maximum Gasteiger partial charge on any atom is 0.317 e. The van der Waals surface area contributed by atoms with Crippen LogP contribution in [0.5, 0.6) is 0 Å². The largest absolute Gasteiger partial charge is 0.328 e. The summed E-state index contributed by atoms with van der Waals surface area (Å²) < 4.78 is 29.1. The molecule has 1 aromatic carbocycles. The van der Waals surface area contributed by atoms with E-state index in [1.165, 1.54) is 0 Å². The number of aliphatic imine (C=N–C) groups is 1. The normalized spacial score (nSPS) is 27.1. The van der Waals surface area contributed by atoms with Crippen LogP contribution in [0.25, 0.3) is 0 Å². The zero-order valence-electron chi connectivity index (χ0n) is 20.1. The van der Waals surface area contributed by atoms with Crippen molar-refractivity contribution < 1.29 is 12.9 Å². The van der Waals surface area contributed by atoms with E-state index in [9.17, 15) is 8.42 Å². The van der Waals surface area contributed by atoms with Gasteiger partial charge in [0.2, 0.25) is 16.4 Å². The maximum atomic E-state index is 12.9. The predicted octanol–water partition coefficient (Wildman–Crippen LogP) is 1.91. The van der Waals surface area contributed by atoms with Gasteiger partial charge in [-0.15, -0.1) is 5.10 Å². The van der Waals surface area contributed by atoms with Gasteiger partial charge in [-0.3, -0.25) is 10.3 Å². The number of aromatic nitrogens is 1. The van der Waals surface area contributed by atoms with Crippen molar-refractivity contribution in [3.63, 3.8) is 0 Å². The lowest BCUT2D eigenvalue weighted by molar-refractivity contribution is -0.911. The lowest BCUT2D eigenvalue weighted by Gasteiger charge is -2.57. The Kier molecular flexibility index (Phi) is 5.86. The molecule has 2 aromatic rings. The molecule has 35 heavy (non-hydrogen) atoms. The van der Waals surface area contributed by atoms with Crippen LogP contribution < -0.4 is 20.4 Å². The van der Waals surface area contributed by atoms with E-state index in [1.54, 1.807) is 49.1 Å². The van der Waals surface area contributed by atoms with Crippen LogP contribution in [0.4, 0.5) is 5.69 Å². The zero-order chi connectivity index (χ0) is 24.7. The highest BCUT2D eigenvalue weighted by Gasteiger charge is 2.66. The minimum atomic E-state index is -3.66. The summed E-state index contributed by atoms with van der Waals surface area (Å²) in [6.45, 7) is 8.29. The topological polar surface area (TPSA) is 111 Å². The molecule has 3 atom stereocenters. The van der Waals surface area contributed by atoms with E-state index in [2.05, 4.69) is 56.2 Å². The first-order chi connectivity index (χ1) is 16.8. The molecule has 184 valence electrons. The molecule has 0 aliphatic carbocycles. The summed E-state index contributed by atoms with van der Waals surface area (Å²) >= 11 is 0. The average Bonchev–Trinajstić information content (AvgIpc) is 3.26. The third kappa shape index (κ3) is 3.62. The number of pyridine rings is 1. The van der Waals surface area contributed by atoms with Crippen LogP contribution in [0.15, 0.2) is 75.7 Å². The minimum absolute atomic E-state index is 0.109. The fourth-order valence-electron chi connectivity index (χ4n) is 5.46. The molecule has 3 aliphatic rings. The van der Waals surface area contributed by atoms with Crippen LogP contribution in [0.1, 0.15) is 26.3 Å². The van der Waals surface area contributed by atoms with Gasteiger partial charge in [-0.25, -0.2) is 28.0 Å². The molecule has 0 amide bonds. The maximum absolute atomic E-state index is 12.9. The van der Waals surface area contributed by atoms with Gasteiger partial charge in [-0.05, 0) is 25.1 Å². The van der Waals surface area contributed by atoms with Crippen LogP contribution in [-0.2, 0) is 16.6 Å². The van der Waals surface area contributed by atoms with Crippen molar-refractivity contribution in [1.82, 2.24) is 20.4 Å². The van der Waals surface area contributed by atoms with E-state index in [1.807, 2.05) is 18.6 Å². The molecule has 3 N–H and O–H groups in total. The molecule has 10 nitrogen and oxygen atoms in total. The molecule has 3 aliphatic heterocycles. The predicted molar refractivity (Wildman–Crippen MR) is 136 cm³/mol. The number of sulfonamides is 1. The first kappa shape index (κ1) is 23.5.